The lowest BCUT2D eigenvalue weighted by atomic mass is 10.1. The number of carbonyl (C=O) groups is 2. The van der Waals surface area contributed by atoms with Gasteiger partial charge in [-0.05, 0) is 17.7 Å². The summed E-state index contributed by atoms with van der Waals surface area (Å²) in [4.78, 5) is 30.5. The van der Waals surface area contributed by atoms with Gasteiger partial charge in [0.25, 0.3) is 5.91 Å². The lowest BCUT2D eigenvalue weighted by Gasteiger charge is -2.26. The Morgan fingerprint density at radius 3 is 2.74 bits per heavy atom. The monoisotopic (exact) mass is 361 g/mol. The van der Waals surface area contributed by atoms with Crippen molar-refractivity contribution in [2.24, 2.45) is 0 Å². The van der Waals surface area contributed by atoms with Gasteiger partial charge >= 0.3 is 0 Å². The summed E-state index contributed by atoms with van der Waals surface area (Å²) in [6.45, 7) is 1.46. The zero-order valence-electron chi connectivity index (χ0n) is 14.7. The lowest BCUT2D eigenvalue weighted by Crippen LogP contribution is -2.45. The van der Waals surface area contributed by atoms with Gasteiger partial charge in [-0.3, -0.25) is 19.3 Å². The number of carbonyl (C=O) groups excluding carboxylic acids is 2. The fraction of sp³-hybridized carbons (Fsp3) is 0.200. The molecule has 0 radical (unpaired) electrons. The molecule has 0 fully saturated rings. The largest absolute Gasteiger partial charge is 0.350 e. The number of amides is 2. The van der Waals surface area contributed by atoms with Gasteiger partial charge in [0.2, 0.25) is 5.91 Å². The van der Waals surface area contributed by atoms with E-state index in [9.17, 15) is 9.59 Å². The molecular formula is C20H19N5O2. The van der Waals surface area contributed by atoms with Gasteiger partial charge in [0, 0.05) is 31.0 Å². The van der Waals surface area contributed by atoms with Crippen LogP contribution in [0.1, 0.15) is 16.1 Å². The molecule has 0 unspecified atom stereocenters. The molecular weight excluding hydrogens is 342 g/mol. The van der Waals surface area contributed by atoms with Gasteiger partial charge in [0.05, 0.1) is 18.8 Å². The fourth-order valence-electron chi connectivity index (χ4n) is 3.07. The number of nitrogens with one attached hydrogen (secondary N) is 1. The van der Waals surface area contributed by atoms with Crippen LogP contribution in [0.2, 0.25) is 0 Å². The molecule has 4 rings (SSSR count). The third-order valence-electron chi connectivity index (χ3n) is 4.48. The summed E-state index contributed by atoms with van der Waals surface area (Å²) in [5.41, 5.74) is 3.16. The highest BCUT2D eigenvalue weighted by molar-refractivity contribution is 5.96. The van der Waals surface area contributed by atoms with E-state index in [2.05, 4.69) is 15.4 Å². The number of pyridine rings is 1. The zero-order chi connectivity index (χ0) is 18.6. The maximum atomic E-state index is 12.7. The standard InChI is InChI=1S/C20H19N5O2/c26-19(22-13-15-5-4-8-21-12-15)14-24-9-10-25-18(20(24)27)11-17(23-25)16-6-2-1-3-7-16/h1-8,11-12H,9-10,13-14H2,(H,22,26). The average molecular weight is 361 g/mol. The summed E-state index contributed by atoms with van der Waals surface area (Å²) in [6, 6.07) is 15.2. The molecule has 7 nitrogen and oxygen atoms in total. The molecule has 0 spiro atoms. The van der Waals surface area contributed by atoms with Crippen LogP contribution < -0.4 is 5.32 Å². The second kappa shape index (κ2) is 7.41. The molecule has 7 heteroatoms. The van der Waals surface area contributed by atoms with E-state index in [0.29, 0.717) is 25.3 Å². The lowest BCUT2D eigenvalue weighted by molar-refractivity contribution is -0.122. The van der Waals surface area contributed by atoms with Gasteiger partial charge in [-0.25, -0.2) is 0 Å². The molecule has 0 aliphatic carbocycles. The first-order valence-corrected chi connectivity index (χ1v) is 8.79. The summed E-state index contributed by atoms with van der Waals surface area (Å²) in [6.07, 6.45) is 3.39. The van der Waals surface area contributed by atoms with Crippen LogP contribution >= 0.6 is 0 Å². The Kier molecular flexibility index (Phi) is 4.65. The number of rotatable bonds is 5. The van der Waals surface area contributed by atoms with Crippen LogP contribution in [-0.2, 0) is 17.9 Å². The van der Waals surface area contributed by atoms with Crippen molar-refractivity contribution in [1.29, 1.82) is 0 Å². The smallest absolute Gasteiger partial charge is 0.272 e. The molecule has 136 valence electrons. The summed E-state index contributed by atoms with van der Waals surface area (Å²) in [7, 11) is 0. The molecule has 3 heterocycles. The minimum atomic E-state index is -0.191. The highest BCUT2D eigenvalue weighted by Gasteiger charge is 2.27. The average Bonchev–Trinajstić information content (AvgIpc) is 3.15. The molecule has 1 N–H and O–H groups in total. The SMILES string of the molecule is O=C(CN1CCn2nc(-c3ccccc3)cc2C1=O)NCc1cccnc1. The fourth-order valence-corrected chi connectivity index (χ4v) is 3.07. The molecule has 3 aromatic rings. The highest BCUT2D eigenvalue weighted by atomic mass is 16.2. The van der Waals surface area contributed by atoms with E-state index in [1.807, 2.05) is 42.5 Å². The highest BCUT2D eigenvalue weighted by Crippen LogP contribution is 2.21. The van der Waals surface area contributed by atoms with Gasteiger partial charge in [0.1, 0.15) is 5.69 Å². The third kappa shape index (κ3) is 3.72. The maximum Gasteiger partial charge on any atom is 0.272 e. The van der Waals surface area contributed by atoms with Crippen LogP contribution in [0, 0.1) is 0 Å². The first-order chi connectivity index (χ1) is 13.2. The van der Waals surface area contributed by atoms with E-state index in [1.165, 1.54) is 0 Å². The Bertz CT molecular complexity index is 953. The van der Waals surface area contributed by atoms with E-state index in [0.717, 1.165) is 16.8 Å². The maximum absolute atomic E-state index is 12.7. The molecule has 0 saturated carbocycles. The molecule has 1 aliphatic heterocycles. The third-order valence-corrected chi connectivity index (χ3v) is 4.48. The van der Waals surface area contributed by atoms with E-state index in [-0.39, 0.29) is 18.4 Å². The minimum absolute atomic E-state index is 0.0327. The van der Waals surface area contributed by atoms with Crippen LogP contribution in [0.25, 0.3) is 11.3 Å². The molecule has 1 aromatic carbocycles. The minimum Gasteiger partial charge on any atom is -0.350 e. The van der Waals surface area contributed by atoms with Crippen molar-refractivity contribution in [2.75, 3.05) is 13.1 Å². The van der Waals surface area contributed by atoms with Crippen LogP contribution in [0.5, 0.6) is 0 Å². The number of nitrogens with zero attached hydrogens (tertiary/aromatic N) is 4. The van der Waals surface area contributed by atoms with Gasteiger partial charge in [0.15, 0.2) is 0 Å². The number of aromatic nitrogens is 3. The first-order valence-electron chi connectivity index (χ1n) is 8.79. The predicted molar refractivity (Wildman–Crippen MR) is 99.7 cm³/mol. The normalized spacial score (nSPS) is 13.3. The van der Waals surface area contributed by atoms with Crippen LogP contribution in [0.4, 0.5) is 0 Å². The van der Waals surface area contributed by atoms with Crippen molar-refractivity contribution in [3.05, 3.63) is 72.2 Å². The van der Waals surface area contributed by atoms with Crippen molar-refractivity contribution < 1.29 is 9.59 Å². The van der Waals surface area contributed by atoms with E-state index < -0.39 is 0 Å². The topological polar surface area (TPSA) is 80.1 Å². The molecule has 2 aromatic heterocycles. The van der Waals surface area contributed by atoms with Gasteiger partial charge in [-0.2, -0.15) is 5.10 Å². The number of fused-ring (bicyclic) bond motifs is 1. The number of hydrogen-bond donors (Lipinski definition) is 1. The second-order valence-corrected chi connectivity index (χ2v) is 6.37. The molecule has 0 bridgehead atoms. The van der Waals surface area contributed by atoms with Crippen molar-refractivity contribution in [1.82, 2.24) is 25.0 Å². The molecule has 0 saturated heterocycles. The summed E-state index contributed by atoms with van der Waals surface area (Å²) >= 11 is 0. The van der Waals surface area contributed by atoms with Gasteiger partial charge < -0.3 is 10.2 Å². The van der Waals surface area contributed by atoms with Crippen molar-refractivity contribution in [3.8, 4) is 11.3 Å². The molecule has 27 heavy (non-hydrogen) atoms. The molecule has 2 amide bonds. The number of benzene rings is 1. The van der Waals surface area contributed by atoms with E-state index in [4.69, 9.17) is 0 Å². The van der Waals surface area contributed by atoms with E-state index >= 15 is 0 Å². The predicted octanol–water partition coefficient (Wildman–Crippen LogP) is 1.72. The molecule has 0 atom stereocenters. The second-order valence-electron chi connectivity index (χ2n) is 6.37. The number of hydrogen-bond acceptors (Lipinski definition) is 4. The zero-order valence-corrected chi connectivity index (χ0v) is 14.7. The summed E-state index contributed by atoms with van der Waals surface area (Å²) in [5, 5.41) is 7.35. The van der Waals surface area contributed by atoms with Crippen LogP contribution in [0.3, 0.4) is 0 Å². The Hall–Kier alpha value is -3.48. The van der Waals surface area contributed by atoms with Gasteiger partial charge in [-0.1, -0.05) is 36.4 Å². The summed E-state index contributed by atoms with van der Waals surface area (Å²) in [5.74, 6) is -0.365. The Morgan fingerprint density at radius 1 is 1.11 bits per heavy atom. The van der Waals surface area contributed by atoms with Crippen molar-refractivity contribution in [2.45, 2.75) is 13.1 Å². The van der Waals surface area contributed by atoms with Crippen LogP contribution in [-0.4, -0.2) is 44.6 Å². The Labute approximate surface area is 156 Å². The molecule has 1 aliphatic rings. The Balaban J connectivity index is 1.41. The van der Waals surface area contributed by atoms with Crippen molar-refractivity contribution in [3.63, 3.8) is 0 Å². The van der Waals surface area contributed by atoms with Crippen LogP contribution in [0.15, 0.2) is 60.9 Å². The first kappa shape index (κ1) is 17.0. The quantitative estimate of drug-likeness (QED) is 0.750. The summed E-state index contributed by atoms with van der Waals surface area (Å²) < 4.78 is 1.72. The van der Waals surface area contributed by atoms with Crippen molar-refractivity contribution >= 4 is 11.8 Å². The van der Waals surface area contributed by atoms with Gasteiger partial charge in [-0.15, -0.1) is 0 Å². The Morgan fingerprint density at radius 2 is 1.96 bits per heavy atom. The van der Waals surface area contributed by atoms with E-state index in [1.54, 1.807) is 28.0 Å².